The topological polar surface area (TPSA) is 71.3 Å². The average Bonchev–Trinajstić information content (AvgIpc) is 2.95. The lowest BCUT2D eigenvalue weighted by Crippen LogP contribution is -2.40. The molecule has 2 rings (SSSR count). The summed E-state index contributed by atoms with van der Waals surface area (Å²) in [4.78, 5) is 18.4. The highest BCUT2D eigenvalue weighted by Crippen LogP contribution is 2.25. The molecule has 0 radical (unpaired) electrons. The maximum Gasteiger partial charge on any atom is 0.243 e. The van der Waals surface area contributed by atoms with Gasteiger partial charge in [0.2, 0.25) is 11.8 Å². The van der Waals surface area contributed by atoms with Crippen LogP contribution in [0.25, 0.3) is 0 Å². The molecule has 112 valence electrons. The molecule has 6 heteroatoms. The molecule has 1 aromatic heterocycles. The predicted octanol–water partition coefficient (Wildman–Crippen LogP) is 1.54. The Morgan fingerprint density at radius 1 is 1.50 bits per heavy atom. The quantitative estimate of drug-likeness (QED) is 0.886. The molecule has 1 N–H and O–H groups in total. The van der Waals surface area contributed by atoms with Gasteiger partial charge in [0.25, 0.3) is 0 Å². The van der Waals surface area contributed by atoms with E-state index in [0.717, 1.165) is 44.6 Å². The van der Waals surface area contributed by atoms with Crippen molar-refractivity contribution in [3.63, 3.8) is 0 Å². The van der Waals surface area contributed by atoms with Gasteiger partial charge in [0, 0.05) is 19.4 Å². The lowest BCUT2D eigenvalue weighted by Gasteiger charge is -2.33. The van der Waals surface area contributed by atoms with Crippen molar-refractivity contribution < 1.29 is 9.32 Å². The van der Waals surface area contributed by atoms with Gasteiger partial charge < -0.3 is 9.84 Å². The molecule has 1 amide bonds. The Morgan fingerprint density at radius 3 is 2.80 bits per heavy atom. The minimum atomic E-state index is 0.124. The Morgan fingerprint density at radius 2 is 2.20 bits per heavy atom. The van der Waals surface area contributed by atoms with E-state index in [4.69, 9.17) is 4.52 Å². The molecule has 1 saturated heterocycles. The fourth-order valence-corrected chi connectivity index (χ4v) is 2.67. The van der Waals surface area contributed by atoms with Gasteiger partial charge in [-0.1, -0.05) is 12.1 Å². The standard InChI is InChI=1S/C14H24N4O2/c1-4-5-12-16-14(20-17-12)10(2)18-8-6-11(7-9-18)13(19)15-3/h10-11H,4-9H2,1-3H3,(H,15,19)/t10-/m0/s1. The van der Waals surface area contributed by atoms with Gasteiger partial charge in [0.1, 0.15) is 0 Å². The third-order valence-electron chi connectivity index (χ3n) is 4.01. The highest BCUT2D eigenvalue weighted by Gasteiger charge is 2.29. The van der Waals surface area contributed by atoms with Crippen LogP contribution in [-0.4, -0.2) is 41.1 Å². The second-order valence-corrected chi connectivity index (χ2v) is 5.40. The fourth-order valence-electron chi connectivity index (χ4n) is 2.67. The molecule has 0 spiro atoms. The van der Waals surface area contributed by atoms with E-state index >= 15 is 0 Å². The molecule has 20 heavy (non-hydrogen) atoms. The van der Waals surface area contributed by atoms with Crippen LogP contribution >= 0.6 is 0 Å². The van der Waals surface area contributed by atoms with Gasteiger partial charge in [-0.25, -0.2) is 0 Å². The molecule has 2 heterocycles. The van der Waals surface area contributed by atoms with Gasteiger partial charge in [0.05, 0.1) is 6.04 Å². The molecule has 1 aliphatic rings. The van der Waals surface area contributed by atoms with Crippen molar-refractivity contribution in [2.75, 3.05) is 20.1 Å². The molecule has 1 fully saturated rings. The Bertz CT molecular complexity index is 438. The number of carbonyl (C=O) groups excluding carboxylic acids is 1. The van der Waals surface area contributed by atoms with Crippen molar-refractivity contribution in [1.82, 2.24) is 20.4 Å². The number of hydrogen-bond donors (Lipinski definition) is 1. The highest BCUT2D eigenvalue weighted by atomic mass is 16.5. The van der Waals surface area contributed by atoms with Gasteiger partial charge in [0.15, 0.2) is 5.82 Å². The zero-order valence-corrected chi connectivity index (χ0v) is 12.6. The normalized spacial score (nSPS) is 18.9. The monoisotopic (exact) mass is 280 g/mol. The van der Waals surface area contributed by atoms with E-state index in [0.29, 0.717) is 5.89 Å². The molecule has 0 saturated carbocycles. The number of amides is 1. The lowest BCUT2D eigenvalue weighted by molar-refractivity contribution is -0.126. The third kappa shape index (κ3) is 3.36. The summed E-state index contributed by atoms with van der Waals surface area (Å²) < 4.78 is 5.35. The van der Waals surface area contributed by atoms with Gasteiger partial charge in [-0.2, -0.15) is 4.98 Å². The summed E-state index contributed by atoms with van der Waals surface area (Å²) in [6.07, 6.45) is 3.65. The number of nitrogens with zero attached hydrogens (tertiary/aromatic N) is 3. The van der Waals surface area contributed by atoms with E-state index in [1.807, 2.05) is 0 Å². The van der Waals surface area contributed by atoms with Crippen LogP contribution in [0, 0.1) is 5.92 Å². The number of nitrogens with one attached hydrogen (secondary N) is 1. The zero-order valence-electron chi connectivity index (χ0n) is 12.6. The third-order valence-corrected chi connectivity index (χ3v) is 4.01. The molecular formula is C14H24N4O2. The number of aromatic nitrogens is 2. The number of rotatable bonds is 5. The molecule has 0 bridgehead atoms. The summed E-state index contributed by atoms with van der Waals surface area (Å²) in [6.45, 7) is 5.97. The van der Waals surface area contributed by atoms with Gasteiger partial charge in [-0.05, 0) is 39.3 Å². The lowest BCUT2D eigenvalue weighted by atomic mass is 9.95. The van der Waals surface area contributed by atoms with Crippen LogP contribution in [0.4, 0.5) is 0 Å². The maximum atomic E-state index is 11.6. The van der Waals surface area contributed by atoms with E-state index in [2.05, 4.69) is 34.2 Å². The van der Waals surface area contributed by atoms with Crippen molar-refractivity contribution >= 4 is 5.91 Å². The van der Waals surface area contributed by atoms with E-state index in [1.165, 1.54) is 0 Å². The summed E-state index contributed by atoms with van der Waals surface area (Å²) in [5, 5.41) is 6.73. The first-order valence-corrected chi connectivity index (χ1v) is 7.43. The predicted molar refractivity (Wildman–Crippen MR) is 75.1 cm³/mol. The van der Waals surface area contributed by atoms with E-state index < -0.39 is 0 Å². The minimum absolute atomic E-state index is 0.124. The minimum Gasteiger partial charge on any atom is -0.359 e. The van der Waals surface area contributed by atoms with Crippen LogP contribution in [0.5, 0.6) is 0 Å². The Kier molecular flexibility index (Phi) is 5.11. The largest absolute Gasteiger partial charge is 0.359 e. The van der Waals surface area contributed by atoms with E-state index in [9.17, 15) is 4.79 Å². The molecule has 1 aromatic rings. The molecule has 0 aliphatic carbocycles. The zero-order chi connectivity index (χ0) is 14.5. The van der Waals surface area contributed by atoms with E-state index in [-0.39, 0.29) is 17.9 Å². The van der Waals surface area contributed by atoms with Crippen molar-refractivity contribution in [3.8, 4) is 0 Å². The Labute approximate surface area is 119 Å². The molecule has 6 nitrogen and oxygen atoms in total. The summed E-state index contributed by atoms with van der Waals surface area (Å²) in [5.41, 5.74) is 0. The molecule has 1 atom stereocenters. The Balaban J connectivity index is 1.90. The highest BCUT2D eigenvalue weighted by molar-refractivity contribution is 5.78. The van der Waals surface area contributed by atoms with Crippen molar-refractivity contribution in [2.24, 2.45) is 5.92 Å². The molecule has 1 aliphatic heterocycles. The maximum absolute atomic E-state index is 11.6. The summed E-state index contributed by atoms with van der Waals surface area (Å²) in [6, 6.07) is 0.124. The first kappa shape index (κ1) is 15.0. The average molecular weight is 280 g/mol. The van der Waals surface area contributed by atoms with Crippen LogP contribution in [0.2, 0.25) is 0 Å². The van der Waals surface area contributed by atoms with Crippen LogP contribution in [0.1, 0.15) is 50.9 Å². The number of hydrogen-bond acceptors (Lipinski definition) is 5. The number of aryl methyl sites for hydroxylation is 1. The fraction of sp³-hybridized carbons (Fsp3) is 0.786. The smallest absolute Gasteiger partial charge is 0.243 e. The summed E-state index contributed by atoms with van der Waals surface area (Å²) in [7, 11) is 1.70. The first-order chi connectivity index (χ1) is 9.65. The molecule has 0 aromatic carbocycles. The summed E-state index contributed by atoms with van der Waals surface area (Å²) >= 11 is 0. The number of piperidine rings is 1. The van der Waals surface area contributed by atoms with Gasteiger partial charge >= 0.3 is 0 Å². The van der Waals surface area contributed by atoms with Crippen LogP contribution in [0.3, 0.4) is 0 Å². The Hall–Kier alpha value is -1.43. The van der Waals surface area contributed by atoms with Gasteiger partial charge in [-0.3, -0.25) is 9.69 Å². The van der Waals surface area contributed by atoms with Crippen molar-refractivity contribution in [2.45, 2.75) is 45.6 Å². The van der Waals surface area contributed by atoms with Crippen molar-refractivity contribution in [1.29, 1.82) is 0 Å². The second-order valence-electron chi connectivity index (χ2n) is 5.40. The summed E-state index contributed by atoms with van der Waals surface area (Å²) in [5.74, 6) is 1.77. The first-order valence-electron chi connectivity index (χ1n) is 7.43. The van der Waals surface area contributed by atoms with Crippen molar-refractivity contribution in [3.05, 3.63) is 11.7 Å². The SMILES string of the molecule is CCCc1noc([C@H](C)N2CCC(C(=O)NC)CC2)n1. The second kappa shape index (κ2) is 6.83. The molecule has 0 unspecified atom stereocenters. The van der Waals surface area contributed by atoms with Gasteiger partial charge in [-0.15, -0.1) is 0 Å². The van der Waals surface area contributed by atoms with Crippen LogP contribution in [-0.2, 0) is 11.2 Å². The number of likely N-dealkylation sites (tertiary alicyclic amines) is 1. The van der Waals surface area contributed by atoms with Crippen LogP contribution < -0.4 is 5.32 Å². The number of carbonyl (C=O) groups is 1. The molecular weight excluding hydrogens is 256 g/mol. The van der Waals surface area contributed by atoms with E-state index in [1.54, 1.807) is 7.05 Å². The van der Waals surface area contributed by atoms with Crippen LogP contribution in [0.15, 0.2) is 4.52 Å².